The number of para-hydroxylation sites is 1. The van der Waals surface area contributed by atoms with Gasteiger partial charge >= 0.3 is 0 Å². The zero-order chi connectivity index (χ0) is 10.7. The van der Waals surface area contributed by atoms with Crippen molar-refractivity contribution < 1.29 is 4.74 Å². The van der Waals surface area contributed by atoms with Crippen LogP contribution in [0.1, 0.15) is 5.56 Å². The number of aryl methyl sites for hydroxylation is 1. The molecule has 1 aliphatic heterocycles. The van der Waals surface area contributed by atoms with Gasteiger partial charge in [0.15, 0.2) is 5.96 Å². The van der Waals surface area contributed by atoms with Crippen LogP contribution in [0.5, 0.6) is 5.75 Å². The van der Waals surface area contributed by atoms with Crippen LogP contribution in [0.2, 0.25) is 0 Å². The zero-order valence-corrected chi connectivity index (χ0v) is 8.73. The van der Waals surface area contributed by atoms with E-state index in [-0.39, 0.29) is 6.04 Å². The summed E-state index contributed by atoms with van der Waals surface area (Å²) >= 11 is 0. The number of hydrogen-bond donors (Lipinski definition) is 2. The Balaban J connectivity index is 1.86. The molecule has 1 aliphatic rings. The average Bonchev–Trinajstić information content (AvgIpc) is 2.63. The van der Waals surface area contributed by atoms with Crippen LogP contribution in [-0.2, 0) is 0 Å². The smallest absolute Gasteiger partial charge is 0.189 e. The molecule has 1 unspecified atom stereocenters. The van der Waals surface area contributed by atoms with Gasteiger partial charge < -0.3 is 15.8 Å². The Hall–Kier alpha value is -1.71. The SMILES string of the molecule is Cc1ccccc1OCC1CN=C(N)N1. The second-order valence-corrected chi connectivity index (χ2v) is 3.64. The third-order valence-electron chi connectivity index (χ3n) is 2.37. The Labute approximate surface area is 89.1 Å². The van der Waals surface area contributed by atoms with Gasteiger partial charge in [0, 0.05) is 0 Å². The maximum Gasteiger partial charge on any atom is 0.189 e. The number of nitrogens with one attached hydrogen (secondary N) is 1. The number of hydrogen-bond acceptors (Lipinski definition) is 4. The highest BCUT2D eigenvalue weighted by Gasteiger charge is 2.15. The highest BCUT2D eigenvalue weighted by Crippen LogP contribution is 2.16. The third-order valence-corrected chi connectivity index (χ3v) is 2.37. The number of nitrogens with zero attached hydrogens (tertiary/aromatic N) is 1. The van der Waals surface area contributed by atoms with Crippen molar-refractivity contribution in [3.05, 3.63) is 29.8 Å². The maximum atomic E-state index is 5.68. The van der Waals surface area contributed by atoms with Gasteiger partial charge in [0.05, 0.1) is 12.6 Å². The van der Waals surface area contributed by atoms with Crippen LogP contribution >= 0.6 is 0 Å². The molecule has 0 saturated carbocycles. The summed E-state index contributed by atoms with van der Waals surface area (Å²) in [5.74, 6) is 1.43. The molecule has 0 radical (unpaired) electrons. The summed E-state index contributed by atoms with van der Waals surface area (Å²) in [6.45, 7) is 3.31. The Kier molecular flexibility index (Phi) is 2.76. The molecule has 80 valence electrons. The molecule has 1 aromatic carbocycles. The normalized spacial score (nSPS) is 19.5. The van der Waals surface area contributed by atoms with E-state index in [4.69, 9.17) is 10.5 Å². The van der Waals surface area contributed by atoms with Gasteiger partial charge in [0.1, 0.15) is 12.4 Å². The quantitative estimate of drug-likeness (QED) is 0.762. The fourth-order valence-electron chi connectivity index (χ4n) is 1.51. The molecule has 0 aliphatic carbocycles. The van der Waals surface area contributed by atoms with Gasteiger partial charge in [0.25, 0.3) is 0 Å². The van der Waals surface area contributed by atoms with Crippen molar-refractivity contribution in [2.75, 3.05) is 13.2 Å². The lowest BCUT2D eigenvalue weighted by atomic mass is 10.2. The first-order chi connectivity index (χ1) is 7.25. The Morgan fingerprint density at radius 1 is 1.53 bits per heavy atom. The zero-order valence-electron chi connectivity index (χ0n) is 8.73. The fraction of sp³-hybridized carbons (Fsp3) is 0.364. The highest BCUT2D eigenvalue weighted by atomic mass is 16.5. The van der Waals surface area contributed by atoms with Crippen LogP contribution in [-0.4, -0.2) is 25.2 Å². The molecular formula is C11H15N3O. The van der Waals surface area contributed by atoms with Crippen LogP contribution in [0.25, 0.3) is 0 Å². The summed E-state index contributed by atoms with van der Waals surface area (Å²) in [6, 6.07) is 8.16. The standard InChI is InChI=1S/C11H15N3O/c1-8-4-2-3-5-10(8)15-7-9-6-13-11(12)14-9/h2-5,9H,6-7H2,1H3,(H3,12,13,14). The number of guanidine groups is 1. The summed E-state index contributed by atoms with van der Waals surface area (Å²) in [7, 11) is 0. The number of aliphatic imine (C=N–C) groups is 1. The van der Waals surface area contributed by atoms with Gasteiger partial charge in [0.2, 0.25) is 0 Å². The van der Waals surface area contributed by atoms with Gasteiger partial charge in [-0.2, -0.15) is 0 Å². The second-order valence-electron chi connectivity index (χ2n) is 3.64. The van der Waals surface area contributed by atoms with Crippen LogP contribution in [0.15, 0.2) is 29.3 Å². The molecular weight excluding hydrogens is 190 g/mol. The predicted octanol–water partition coefficient (Wildman–Crippen LogP) is 0.660. The minimum atomic E-state index is 0.199. The molecule has 3 N–H and O–H groups in total. The molecule has 0 spiro atoms. The monoisotopic (exact) mass is 205 g/mol. The van der Waals surface area contributed by atoms with Crippen molar-refractivity contribution in [1.29, 1.82) is 0 Å². The lowest BCUT2D eigenvalue weighted by Crippen LogP contribution is -2.38. The van der Waals surface area contributed by atoms with Crippen molar-refractivity contribution in [2.24, 2.45) is 10.7 Å². The van der Waals surface area contributed by atoms with E-state index in [1.54, 1.807) is 0 Å². The first-order valence-corrected chi connectivity index (χ1v) is 5.00. The molecule has 4 heteroatoms. The maximum absolute atomic E-state index is 5.68. The van der Waals surface area contributed by atoms with Crippen LogP contribution in [0.4, 0.5) is 0 Å². The van der Waals surface area contributed by atoms with E-state index in [0.29, 0.717) is 19.1 Å². The van der Waals surface area contributed by atoms with Crippen molar-refractivity contribution in [2.45, 2.75) is 13.0 Å². The second kappa shape index (κ2) is 4.21. The van der Waals surface area contributed by atoms with Gasteiger partial charge in [-0.1, -0.05) is 18.2 Å². The minimum Gasteiger partial charge on any atom is -0.491 e. The van der Waals surface area contributed by atoms with E-state index in [9.17, 15) is 0 Å². The summed E-state index contributed by atoms with van der Waals surface area (Å²) in [6.07, 6.45) is 0. The Bertz CT molecular complexity index is 376. The van der Waals surface area contributed by atoms with Crippen LogP contribution in [0, 0.1) is 6.92 Å². The third kappa shape index (κ3) is 2.40. The first-order valence-electron chi connectivity index (χ1n) is 5.00. The molecule has 0 bridgehead atoms. The molecule has 1 atom stereocenters. The summed E-state index contributed by atoms with van der Waals surface area (Å²) in [5, 5.41) is 3.05. The van der Waals surface area contributed by atoms with Crippen molar-refractivity contribution in [3.63, 3.8) is 0 Å². The largest absolute Gasteiger partial charge is 0.491 e. The van der Waals surface area contributed by atoms with Gasteiger partial charge in [-0.15, -0.1) is 0 Å². The fourth-order valence-corrected chi connectivity index (χ4v) is 1.51. The molecule has 1 aromatic rings. The lowest BCUT2D eigenvalue weighted by Gasteiger charge is -2.13. The van der Waals surface area contributed by atoms with Gasteiger partial charge in [-0.05, 0) is 18.6 Å². The molecule has 0 saturated heterocycles. The molecule has 1 heterocycles. The van der Waals surface area contributed by atoms with Crippen molar-refractivity contribution in [3.8, 4) is 5.75 Å². The topological polar surface area (TPSA) is 59.6 Å². The molecule has 15 heavy (non-hydrogen) atoms. The van der Waals surface area contributed by atoms with E-state index in [1.807, 2.05) is 31.2 Å². The van der Waals surface area contributed by atoms with Crippen molar-refractivity contribution >= 4 is 5.96 Å². The Morgan fingerprint density at radius 2 is 2.33 bits per heavy atom. The van der Waals surface area contributed by atoms with E-state index in [2.05, 4.69) is 10.3 Å². The van der Waals surface area contributed by atoms with E-state index in [1.165, 1.54) is 0 Å². The van der Waals surface area contributed by atoms with E-state index in [0.717, 1.165) is 11.3 Å². The van der Waals surface area contributed by atoms with E-state index < -0.39 is 0 Å². The molecule has 4 nitrogen and oxygen atoms in total. The van der Waals surface area contributed by atoms with Gasteiger partial charge in [-0.25, -0.2) is 0 Å². The number of ether oxygens (including phenoxy) is 1. The summed E-state index contributed by atoms with van der Waals surface area (Å²) < 4.78 is 5.68. The predicted molar refractivity (Wildman–Crippen MR) is 60.1 cm³/mol. The average molecular weight is 205 g/mol. The molecule has 2 rings (SSSR count). The molecule has 0 amide bonds. The number of rotatable bonds is 3. The lowest BCUT2D eigenvalue weighted by molar-refractivity contribution is 0.284. The number of benzene rings is 1. The molecule has 0 aromatic heterocycles. The highest BCUT2D eigenvalue weighted by molar-refractivity contribution is 5.79. The molecule has 0 fully saturated rings. The van der Waals surface area contributed by atoms with Gasteiger partial charge in [-0.3, -0.25) is 4.99 Å². The summed E-state index contributed by atoms with van der Waals surface area (Å²) in [4.78, 5) is 4.06. The minimum absolute atomic E-state index is 0.199. The first kappa shape index (κ1) is 9.83. The summed E-state index contributed by atoms with van der Waals surface area (Å²) in [5.41, 5.74) is 6.65. The van der Waals surface area contributed by atoms with Crippen molar-refractivity contribution in [1.82, 2.24) is 5.32 Å². The van der Waals surface area contributed by atoms with Crippen LogP contribution < -0.4 is 15.8 Å². The van der Waals surface area contributed by atoms with E-state index >= 15 is 0 Å². The van der Waals surface area contributed by atoms with Crippen LogP contribution in [0.3, 0.4) is 0 Å². The Morgan fingerprint density at radius 3 is 3.00 bits per heavy atom. The number of nitrogens with two attached hydrogens (primary N) is 1.